The molecule has 110 valence electrons. The Hall–Kier alpha value is -1.13. The fourth-order valence-corrected chi connectivity index (χ4v) is 2.59. The van der Waals surface area contributed by atoms with E-state index in [-0.39, 0.29) is 11.4 Å². The number of ether oxygens (including phenoxy) is 1. The Morgan fingerprint density at radius 3 is 2.80 bits per heavy atom. The third kappa shape index (κ3) is 3.30. The van der Waals surface area contributed by atoms with Crippen molar-refractivity contribution in [3.8, 4) is 0 Å². The van der Waals surface area contributed by atoms with Crippen LogP contribution < -0.4 is 0 Å². The highest BCUT2D eigenvalue weighted by Gasteiger charge is 2.22. The number of aromatic nitrogens is 2. The van der Waals surface area contributed by atoms with E-state index in [1.54, 1.807) is 6.07 Å². The fourth-order valence-electron chi connectivity index (χ4n) is 2.42. The quantitative estimate of drug-likeness (QED) is 0.759. The van der Waals surface area contributed by atoms with E-state index in [0.29, 0.717) is 31.0 Å². The highest BCUT2D eigenvalue weighted by Crippen LogP contribution is 2.22. The number of alkyl halides is 1. The van der Waals surface area contributed by atoms with Crippen LogP contribution in [0.1, 0.15) is 26.6 Å². The van der Waals surface area contributed by atoms with Gasteiger partial charge in [0.05, 0.1) is 23.2 Å². The standard InChI is InChI=1S/C15H20ClFN2O/c1-4-20-15(2,3)10-19-13-6-5-11(17)9-12(13)18-14(19)7-8-16/h5-6,9H,4,7-8,10H2,1-3H3. The minimum Gasteiger partial charge on any atom is -0.374 e. The predicted octanol–water partition coefficient (Wildman–Crippen LogP) is 3.77. The molecule has 0 radical (unpaired) electrons. The van der Waals surface area contributed by atoms with E-state index >= 15 is 0 Å². The van der Waals surface area contributed by atoms with Gasteiger partial charge in [-0.05, 0) is 32.9 Å². The van der Waals surface area contributed by atoms with E-state index in [1.807, 2.05) is 20.8 Å². The summed E-state index contributed by atoms with van der Waals surface area (Å²) in [6.07, 6.45) is 0.653. The van der Waals surface area contributed by atoms with Crippen molar-refractivity contribution in [2.24, 2.45) is 0 Å². The monoisotopic (exact) mass is 298 g/mol. The molecule has 0 bridgehead atoms. The Labute approximate surface area is 123 Å². The van der Waals surface area contributed by atoms with Crippen molar-refractivity contribution < 1.29 is 9.13 Å². The van der Waals surface area contributed by atoms with Crippen LogP contribution in [0.25, 0.3) is 11.0 Å². The van der Waals surface area contributed by atoms with Gasteiger partial charge in [0, 0.05) is 25.0 Å². The molecule has 0 atom stereocenters. The molecule has 1 aromatic carbocycles. The molecule has 20 heavy (non-hydrogen) atoms. The van der Waals surface area contributed by atoms with Crippen LogP contribution in [0, 0.1) is 5.82 Å². The molecular weight excluding hydrogens is 279 g/mol. The van der Waals surface area contributed by atoms with Gasteiger partial charge < -0.3 is 9.30 Å². The predicted molar refractivity (Wildman–Crippen MR) is 79.8 cm³/mol. The lowest BCUT2D eigenvalue weighted by Gasteiger charge is -2.26. The molecule has 0 spiro atoms. The summed E-state index contributed by atoms with van der Waals surface area (Å²) in [6.45, 7) is 7.36. The van der Waals surface area contributed by atoms with Crippen LogP contribution in [0.4, 0.5) is 4.39 Å². The van der Waals surface area contributed by atoms with Crippen molar-refractivity contribution in [2.75, 3.05) is 12.5 Å². The number of fused-ring (bicyclic) bond motifs is 1. The van der Waals surface area contributed by atoms with Crippen molar-refractivity contribution in [3.05, 3.63) is 29.8 Å². The molecule has 0 aliphatic rings. The minimum absolute atomic E-state index is 0.274. The topological polar surface area (TPSA) is 27.1 Å². The molecule has 3 nitrogen and oxygen atoms in total. The number of imidazole rings is 1. The normalized spacial score (nSPS) is 12.2. The zero-order valence-electron chi connectivity index (χ0n) is 12.1. The van der Waals surface area contributed by atoms with Gasteiger partial charge >= 0.3 is 0 Å². The van der Waals surface area contributed by atoms with Gasteiger partial charge in [0.15, 0.2) is 0 Å². The van der Waals surface area contributed by atoms with Gasteiger partial charge in [-0.1, -0.05) is 0 Å². The third-order valence-electron chi connectivity index (χ3n) is 3.18. The molecule has 0 fully saturated rings. The lowest BCUT2D eigenvalue weighted by molar-refractivity contribution is -0.0221. The molecule has 2 rings (SSSR count). The van der Waals surface area contributed by atoms with E-state index < -0.39 is 0 Å². The summed E-state index contributed by atoms with van der Waals surface area (Å²) in [5.74, 6) is 1.08. The van der Waals surface area contributed by atoms with E-state index in [2.05, 4.69) is 9.55 Å². The molecule has 0 saturated carbocycles. The Kier molecular flexibility index (Phi) is 4.66. The van der Waals surface area contributed by atoms with E-state index in [4.69, 9.17) is 16.3 Å². The molecule has 1 aromatic heterocycles. The summed E-state index contributed by atoms with van der Waals surface area (Å²) < 4.78 is 21.2. The zero-order valence-corrected chi connectivity index (χ0v) is 12.9. The van der Waals surface area contributed by atoms with Crippen LogP contribution >= 0.6 is 11.6 Å². The van der Waals surface area contributed by atoms with Gasteiger partial charge in [-0.25, -0.2) is 9.37 Å². The Bertz CT molecular complexity index is 595. The second kappa shape index (κ2) is 6.10. The summed E-state index contributed by atoms with van der Waals surface area (Å²) in [4.78, 5) is 4.49. The van der Waals surface area contributed by atoms with Crippen LogP contribution in [-0.4, -0.2) is 27.6 Å². The summed E-state index contributed by atoms with van der Waals surface area (Å²) in [6, 6.07) is 4.67. The van der Waals surface area contributed by atoms with Crippen molar-refractivity contribution in [2.45, 2.75) is 39.3 Å². The number of aryl methyl sites for hydroxylation is 1. The number of hydrogen-bond donors (Lipinski definition) is 0. The number of halogens is 2. The summed E-state index contributed by atoms with van der Waals surface area (Å²) in [7, 11) is 0. The highest BCUT2D eigenvalue weighted by molar-refractivity contribution is 6.17. The van der Waals surface area contributed by atoms with E-state index in [1.165, 1.54) is 12.1 Å². The third-order valence-corrected chi connectivity index (χ3v) is 3.37. The van der Waals surface area contributed by atoms with E-state index in [0.717, 1.165) is 11.3 Å². The van der Waals surface area contributed by atoms with Gasteiger partial charge in [0.1, 0.15) is 11.6 Å². The smallest absolute Gasteiger partial charge is 0.125 e. The number of hydrogen-bond acceptors (Lipinski definition) is 2. The van der Waals surface area contributed by atoms with Gasteiger partial charge in [-0.2, -0.15) is 0 Å². The number of rotatable bonds is 6. The largest absolute Gasteiger partial charge is 0.374 e. The van der Waals surface area contributed by atoms with Gasteiger partial charge in [0.2, 0.25) is 0 Å². The van der Waals surface area contributed by atoms with Crippen molar-refractivity contribution in [3.63, 3.8) is 0 Å². The Morgan fingerprint density at radius 1 is 1.40 bits per heavy atom. The van der Waals surface area contributed by atoms with Crippen molar-refractivity contribution in [1.29, 1.82) is 0 Å². The van der Waals surface area contributed by atoms with Crippen LogP contribution in [0.2, 0.25) is 0 Å². The molecule has 0 aliphatic carbocycles. The van der Waals surface area contributed by atoms with Crippen LogP contribution in [0.15, 0.2) is 18.2 Å². The zero-order chi connectivity index (χ0) is 14.8. The molecule has 5 heteroatoms. The molecule has 0 amide bonds. The summed E-state index contributed by atoms with van der Waals surface area (Å²) >= 11 is 5.84. The fraction of sp³-hybridized carbons (Fsp3) is 0.533. The van der Waals surface area contributed by atoms with E-state index in [9.17, 15) is 4.39 Å². The number of benzene rings is 1. The Morgan fingerprint density at radius 2 is 2.15 bits per heavy atom. The average molecular weight is 299 g/mol. The SMILES string of the molecule is CCOC(C)(C)Cn1c(CCCl)nc2cc(F)ccc21. The second-order valence-electron chi connectivity index (χ2n) is 5.38. The maximum absolute atomic E-state index is 13.3. The van der Waals surface area contributed by atoms with Crippen molar-refractivity contribution >= 4 is 22.6 Å². The maximum Gasteiger partial charge on any atom is 0.125 e. The minimum atomic E-state index is -0.308. The first-order valence-electron chi connectivity index (χ1n) is 6.81. The second-order valence-corrected chi connectivity index (χ2v) is 5.76. The lowest BCUT2D eigenvalue weighted by Crippen LogP contribution is -2.31. The summed E-state index contributed by atoms with van der Waals surface area (Å²) in [5, 5.41) is 0. The molecule has 1 heterocycles. The molecule has 0 aliphatic heterocycles. The molecule has 0 unspecified atom stereocenters. The maximum atomic E-state index is 13.3. The molecule has 0 saturated heterocycles. The average Bonchev–Trinajstić information content (AvgIpc) is 2.66. The first-order valence-corrected chi connectivity index (χ1v) is 7.35. The van der Waals surface area contributed by atoms with Crippen LogP contribution in [-0.2, 0) is 17.7 Å². The molecule has 0 N–H and O–H groups in total. The summed E-state index contributed by atoms with van der Waals surface area (Å²) in [5.41, 5.74) is 1.27. The van der Waals surface area contributed by atoms with Crippen LogP contribution in [0.5, 0.6) is 0 Å². The van der Waals surface area contributed by atoms with Crippen LogP contribution in [0.3, 0.4) is 0 Å². The molecular formula is C15H20ClFN2O. The first kappa shape index (κ1) is 15.3. The van der Waals surface area contributed by atoms with Gasteiger partial charge in [-0.15, -0.1) is 11.6 Å². The first-order chi connectivity index (χ1) is 9.46. The van der Waals surface area contributed by atoms with Crippen molar-refractivity contribution in [1.82, 2.24) is 9.55 Å². The lowest BCUT2D eigenvalue weighted by atomic mass is 10.1. The Balaban J connectivity index is 2.45. The highest BCUT2D eigenvalue weighted by atomic mass is 35.5. The molecule has 2 aromatic rings. The van der Waals surface area contributed by atoms with Gasteiger partial charge in [0.25, 0.3) is 0 Å². The van der Waals surface area contributed by atoms with Gasteiger partial charge in [-0.3, -0.25) is 0 Å². The number of nitrogens with zero attached hydrogens (tertiary/aromatic N) is 2.